The highest BCUT2D eigenvalue weighted by Crippen LogP contribution is 2.13. The van der Waals surface area contributed by atoms with Crippen molar-refractivity contribution in [2.75, 3.05) is 33.8 Å². The van der Waals surface area contributed by atoms with Gasteiger partial charge in [-0.25, -0.2) is 0 Å². The fourth-order valence-corrected chi connectivity index (χ4v) is 2.44. The van der Waals surface area contributed by atoms with Gasteiger partial charge in [0.1, 0.15) is 5.75 Å². The standard InChI is InChI=1S/C19H26N4O3.HI/c1-4-25-16-9-7-15(8-10-16)14-23(3)19(20-2)22-12-11-21-18(24)17-6-5-13-26-17;/h5-10,13H,4,11-12,14H2,1-3H3,(H,20,22)(H,21,24);1H. The Morgan fingerprint density at radius 1 is 1.19 bits per heavy atom. The summed E-state index contributed by atoms with van der Waals surface area (Å²) in [4.78, 5) is 18.1. The Kier molecular flexibility index (Phi) is 10.3. The predicted octanol–water partition coefficient (Wildman–Crippen LogP) is 2.73. The molecule has 0 bridgehead atoms. The monoisotopic (exact) mass is 486 g/mol. The van der Waals surface area contributed by atoms with Crippen molar-refractivity contribution in [2.24, 2.45) is 4.99 Å². The third kappa shape index (κ3) is 7.49. The van der Waals surface area contributed by atoms with Gasteiger partial charge in [-0.05, 0) is 36.8 Å². The Morgan fingerprint density at radius 3 is 2.48 bits per heavy atom. The number of furan rings is 1. The first-order valence-corrected chi connectivity index (χ1v) is 8.59. The van der Waals surface area contributed by atoms with Crippen molar-refractivity contribution >= 4 is 35.8 Å². The quantitative estimate of drug-likeness (QED) is 0.260. The van der Waals surface area contributed by atoms with Crippen LogP contribution in [0.25, 0.3) is 0 Å². The van der Waals surface area contributed by atoms with Crippen LogP contribution in [0.15, 0.2) is 52.1 Å². The summed E-state index contributed by atoms with van der Waals surface area (Å²) in [6.07, 6.45) is 1.48. The number of carbonyl (C=O) groups excluding carboxylic acids is 1. The largest absolute Gasteiger partial charge is 0.494 e. The van der Waals surface area contributed by atoms with Gasteiger partial charge >= 0.3 is 0 Å². The third-order valence-corrected chi connectivity index (χ3v) is 3.67. The van der Waals surface area contributed by atoms with Crippen LogP contribution in [0.4, 0.5) is 0 Å². The number of hydrogen-bond acceptors (Lipinski definition) is 4. The van der Waals surface area contributed by atoms with E-state index in [1.165, 1.54) is 6.26 Å². The summed E-state index contributed by atoms with van der Waals surface area (Å²) in [6.45, 7) is 4.37. The van der Waals surface area contributed by atoms with Crippen LogP contribution in [-0.4, -0.2) is 50.6 Å². The van der Waals surface area contributed by atoms with E-state index in [2.05, 4.69) is 15.6 Å². The van der Waals surface area contributed by atoms with E-state index >= 15 is 0 Å². The van der Waals surface area contributed by atoms with E-state index in [0.29, 0.717) is 32.0 Å². The maximum atomic E-state index is 11.8. The first-order valence-electron chi connectivity index (χ1n) is 8.59. The van der Waals surface area contributed by atoms with Crippen LogP contribution < -0.4 is 15.4 Å². The number of carbonyl (C=O) groups is 1. The summed E-state index contributed by atoms with van der Waals surface area (Å²) >= 11 is 0. The number of amides is 1. The summed E-state index contributed by atoms with van der Waals surface area (Å²) < 4.78 is 10.5. The first-order chi connectivity index (χ1) is 12.6. The van der Waals surface area contributed by atoms with Crippen LogP contribution in [0.1, 0.15) is 23.0 Å². The van der Waals surface area contributed by atoms with E-state index in [1.807, 2.05) is 43.1 Å². The minimum atomic E-state index is -0.227. The Hall–Kier alpha value is -2.23. The van der Waals surface area contributed by atoms with Crippen LogP contribution in [-0.2, 0) is 6.54 Å². The molecule has 0 atom stereocenters. The minimum absolute atomic E-state index is 0. The Balaban J connectivity index is 0.00000364. The second-order valence-corrected chi connectivity index (χ2v) is 5.64. The molecule has 0 aliphatic heterocycles. The molecule has 8 heteroatoms. The van der Waals surface area contributed by atoms with Crippen LogP contribution in [0.2, 0.25) is 0 Å². The molecule has 148 valence electrons. The van der Waals surface area contributed by atoms with Gasteiger partial charge in [0.2, 0.25) is 0 Å². The average Bonchev–Trinajstić information content (AvgIpc) is 3.18. The van der Waals surface area contributed by atoms with Gasteiger partial charge in [-0.2, -0.15) is 0 Å². The zero-order chi connectivity index (χ0) is 18.8. The van der Waals surface area contributed by atoms with E-state index in [0.717, 1.165) is 17.3 Å². The maximum Gasteiger partial charge on any atom is 0.287 e. The van der Waals surface area contributed by atoms with Gasteiger partial charge in [0.25, 0.3) is 5.91 Å². The van der Waals surface area contributed by atoms with E-state index in [9.17, 15) is 4.79 Å². The number of benzene rings is 1. The molecule has 0 spiro atoms. The maximum absolute atomic E-state index is 11.8. The number of nitrogens with zero attached hydrogens (tertiary/aromatic N) is 2. The minimum Gasteiger partial charge on any atom is -0.494 e. The smallest absolute Gasteiger partial charge is 0.287 e. The molecular formula is C19H27IN4O3. The molecule has 0 radical (unpaired) electrons. The molecule has 1 aromatic carbocycles. The highest BCUT2D eigenvalue weighted by atomic mass is 127. The molecule has 0 aliphatic rings. The molecule has 2 aromatic rings. The summed E-state index contributed by atoms with van der Waals surface area (Å²) in [5.74, 6) is 1.70. The van der Waals surface area contributed by atoms with Crippen LogP contribution in [0, 0.1) is 0 Å². The number of ether oxygens (including phenoxy) is 1. The lowest BCUT2D eigenvalue weighted by Gasteiger charge is -2.22. The Bertz CT molecular complexity index is 702. The molecule has 1 amide bonds. The van der Waals surface area contributed by atoms with Crippen molar-refractivity contribution in [3.05, 3.63) is 54.0 Å². The van der Waals surface area contributed by atoms with Gasteiger partial charge in [0.05, 0.1) is 12.9 Å². The number of rotatable bonds is 8. The molecule has 2 rings (SSSR count). The van der Waals surface area contributed by atoms with Crippen molar-refractivity contribution in [1.82, 2.24) is 15.5 Å². The molecule has 0 fully saturated rings. The molecular weight excluding hydrogens is 459 g/mol. The SMILES string of the molecule is CCOc1ccc(CN(C)C(=NC)NCCNC(=O)c2ccco2)cc1.I. The fourth-order valence-electron chi connectivity index (χ4n) is 2.44. The number of guanidine groups is 1. The van der Waals surface area contributed by atoms with Crippen molar-refractivity contribution < 1.29 is 13.9 Å². The van der Waals surface area contributed by atoms with E-state index < -0.39 is 0 Å². The Labute approximate surface area is 177 Å². The summed E-state index contributed by atoms with van der Waals surface area (Å²) in [5.41, 5.74) is 1.16. The van der Waals surface area contributed by atoms with Crippen molar-refractivity contribution in [2.45, 2.75) is 13.5 Å². The number of nitrogens with one attached hydrogen (secondary N) is 2. The number of halogens is 1. The molecule has 0 unspecified atom stereocenters. The van der Waals surface area contributed by atoms with Crippen molar-refractivity contribution in [3.8, 4) is 5.75 Å². The molecule has 1 aromatic heterocycles. The zero-order valence-corrected chi connectivity index (χ0v) is 18.2. The topological polar surface area (TPSA) is 79.1 Å². The summed E-state index contributed by atoms with van der Waals surface area (Å²) in [5, 5.41) is 6.02. The lowest BCUT2D eigenvalue weighted by atomic mass is 10.2. The highest BCUT2D eigenvalue weighted by Gasteiger charge is 2.09. The van der Waals surface area contributed by atoms with E-state index in [4.69, 9.17) is 9.15 Å². The highest BCUT2D eigenvalue weighted by molar-refractivity contribution is 14.0. The summed E-state index contributed by atoms with van der Waals surface area (Å²) in [7, 11) is 3.70. The fraction of sp³-hybridized carbons (Fsp3) is 0.368. The molecule has 1 heterocycles. The third-order valence-electron chi connectivity index (χ3n) is 3.67. The van der Waals surface area contributed by atoms with Gasteiger partial charge in [-0.3, -0.25) is 9.79 Å². The predicted molar refractivity (Wildman–Crippen MR) is 117 cm³/mol. The van der Waals surface area contributed by atoms with Crippen molar-refractivity contribution in [1.29, 1.82) is 0 Å². The van der Waals surface area contributed by atoms with E-state index in [-0.39, 0.29) is 29.9 Å². The second-order valence-electron chi connectivity index (χ2n) is 5.64. The second kappa shape index (κ2) is 12.2. The summed E-state index contributed by atoms with van der Waals surface area (Å²) in [6, 6.07) is 11.3. The molecule has 7 nitrogen and oxygen atoms in total. The molecule has 2 N–H and O–H groups in total. The molecule has 0 saturated heterocycles. The van der Waals surface area contributed by atoms with Crippen LogP contribution in [0.5, 0.6) is 5.75 Å². The van der Waals surface area contributed by atoms with Gasteiger partial charge < -0.3 is 24.7 Å². The van der Waals surface area contributed by atoms with Crippen LogP contribution >= 0.6 is 24.0 Å². The molecule has 27 heavy (non-hydrogen) atoms. The van der Waals surface area contributed by atoms with Gasteiger partial charge in [0.15, 0.2) is 11.7 Å². The number of aliphatic imine (C=N–C) groups is 1. The van der Waals surface area contributed by atoms with Gasteiger partial charge in [-0.15, -0.1) is 24.0 Å². The lowest BCUT2D eigenvalue weighted by molar-refractivity contribution is 0.0926. The van der Waals surface area contributed by atoms with Gasteiger partial charge in [0, 0.05) is 33.7 Å². The molecule has 0 saturated carbocycles. The first kappa shape index (κ1) is 22.8. The lowest BCUT2D eigenvalue weighted by Crippen LogP contribution is -2.42. The van der Waals surface area contributed by atoms with Gasteiger partial charge in [-0.1, -0.05) is 12.1 Å². The average molecular weight is 486 g/mol. The zero-order valence-electron chi connectivity index (χ0n) is 15.9. The molecule has 0 aliphatic carbocycles. The van der Waals surface area contributed by atoms with Crippen LogP contribution in [0.3, 0.4) is 0 Å². The Morgan fingerprint density at radius 2 is 1.89 bits per heavy atom. The van der Waals surface area contributed by atoms with Crippen molar-refractivity contribution in [3.63, 3.8) is 0 Å². The normalized spacial score (nSPS) is 10.7. The van der Waals surface area contributed by atoms with E-state index in [1.54, 1.807) is 19.2 Å². The number of hydrogen-bond donors (Lipinski definition) is 2.